The monoisotopic (exact) mass is 577 g/mol. The van der Waals surface area contributed by atoms with E-state index in [9.17, 15) is 22.4 Å². The van der Waals surface area contributed by atoms with Gasteiger partial charge >= 0.3 is 12.2 Å². The largest absolute Gasteiger partial charge is 0.454 e. The molecule has 1 aromatic heterocycles. The first-order valence-electron chi connectivity index (χ1n) is 12.0. The SMILES string of the molecule is CCN(CCOC)c1cnc2ccc(Oc3cc(NC(=O)Nc4ccc(Cl)c(C(F)(F)F)c4)ccc3F)cc2n1. The van der Waals surface area contributed by atoms with Crippen molar-refractivity contribution in [2.24, 2.45) is 0 Å². The van der Waals surface area contributed by atoms with Crippen molar-refractivity contribution in [3.8, 4) is 11.5 Å². The molecule has 0 bridgehead atoms. The third-order valence-corrected chi connectivity index (χ3v) is 6.05. The van der Waals surface area contributed by atoms with Gasteiger partial charge in [-0.2, -0.15) is 13.2 Å². The quantitative estimate of drug-likeness (QED) is 0.202. The average molecular weight is 578 g/mol. The molecular formula is C27H24ClF4N5O3. The van der Waals surface area contributed by atoms with Crippen LogP contribution in [0.1, 0.15) is 12.5 Å². The second-order valence-electron chi connectivity index (χ2n) is 8.47. The van der Waals surface area contributed by atoms with Gasteiger partial charge in [0.2, 0.25) is 0 Å². The van der Waals surface area contributed by atoms with E-state index in [2.05, 4.69) is 20.6 Å². The van der Waals surface area contributed by atoms with Crippen molar-refractivity contribution in [3.05, 3.63) is 77.2 Å². The Balaban J connectivity index is 1.49. The van der Waals surface area contributed by atoms with E-state index in [-0.39, 0.29) is 22.9 Å². The zero-order valence-electron chi connectivity index (χ0n) is 21.4. The van der Waals surface area contributed by atoms with Crippen molar-refractivity contribution in [1.29, 1.82) is 0 Å². The summed E-state index contributed by atoms with van der Waals surface area (Å²) in [7, 11) is 1.62. The van der Waals surface area contributed by atoms with Crippen LogP contribution >= 0.6 is 11.6 Å². The highest BCUT2D eigenvalue weighted by molar-refractivity contribution is 6.31. The first-order valence-corrected chi connectivity index (χ1v) is 12.4. The maximum Gasteiger partial charge on any atom is 0.417 e. The molecule has 2 amide bonds. The summed E-state index contributed by atoms with van der Waals surface area (Å²) < 4.78 is 64.7. The molecule has 0 aliphatic carbocycles. The molecule has 40 heavy (non-hydrogen) atoms. The molecule has 0 radical (unpaired) electrons. The third-order valence-electron chi connectivity index (χ3n) is 5.72. The summed E-state index contributed by atoms with van der Waals surface area (Å²) in [6.07, 6.45) is -3.03. The van der Waals surface area contributed by atoms with Gasteiger partial charge in [-0.3, -0.25) is 4.98 Å². The van der Waals surface area contributed by atoms with E-state index in [4.69, 9.17) is 21.1 Å². The molecule has 0 aliphatic rings. The number of rotatable bonds is 9. The number of benzene rings is 3. The Morgan fingerprint density at radius 2 is 1.75 bits per heavy atom. The van der Waals surface area contributed by atoms with E-state index < -0.39 is 28.6 Å². The van der Waals surface area contributed by atoms with Gasteiger partial charge in [0.05, 0.1) is 34.4 Å². The topological polar surface area (TPSA) is 88.6 Å². The molecule has 0 atom stereocenters. The van der Waals surface area contributed by atoms with E-state index in [0.29, 0.717) is 42.6 Å². The molecule has 0 saturated carbocycles. The van der Waals surface area contributed by atoms with Crippen LogP contribution in [0.4, 0.5) is 39.5 Å². The number of carbonyl (C=O) groups excluding carboxylic acids is 1. The van der Waals surface area contributed by atoms with Gasteiger partial charge in [-0.25, -0.2) is 14.2 Å². The highest BCUT2D eigenvalue weighted by atomic mass is 35.5. The molecule has 4 rings (SSSR count). The summed E-state index contributed by atoms with van der Waals surface area (Å²) in [5.74, 6) is 0.0356. The number of amides is 2. The summed E-state index contributed by atoms with van der Waals surface area (Å²) >= 11 is 5.61. The first kappa shape index (κ1) is 28.8. The van der Waals surface area contributed by atoms with Crippen LogP contribution in [0.5, 0.6) is 11.5 Å². The van der Waals surface area contributed by atoms with Crippen LogP contribution in [-0.4, -0.2) is 42.8 Å². The predicted octanol–water partition coefficient (Wildman–Crippen LogP) is 7.35. The number of hydrogen-bond acceptors (Lipinski definition) is 6. The van der Waals surface area contributed by atoms with Crippen molar-refractivity contribution in [2.75, 3.05) is 42.3 Å². The van der Waals surface area contributed by atoms with E-state index in [1.807, 2.05) is 11.8 Å². The fraction of sp³-hybridized carbons (Fsp3) is 0.222. The summed E-state index contributed by atoms with van der Waals surface area (Å²) in [5.41, 5.74) is 0.0595. The lowest BCUT2D eigenvalue weighted by Crippen LogP contribution is -2.27. The fourth-order valence-electron chi connectivity index (χ4n) is 3.73. The maximum absolute atomic E-state index is 14.6. The fourth-order valence-corrected chi connectivity index (χ4v) is 3.96. The van der Waals surface area contributed by atoms with Crippen molar-refractivity contribution in [1.82, 2.24) is 9.97 Å². The number of fused-ring (bicyclic) bond motifs is 1. The molecule has 0 saturated heterocycles. The lowest BCUT2D eigenvalue weighted by Gasteiger charge is -2.21. The van der Waals surface area contributed by atoms with Gasteiger partial charge < -0.3 is 25.0 Å². The number of nitrogens with one attached hydrogen (secondary N) is 2. The number of ether oxygens (including phenoxy) is 2. The Morgan fingerprint density at radius 1 is 1.02 bits per heavy atom. The Kier molecular flexibility index (Phi) is 8.90. The lowest BCUT2D eigenvalue weighted by atomic mass is 10.2. The molecule has 0 unspecified atom stereocenters. The molecule has 8 nitrogen and oxygen atoms in total. The molecule has 0 aliphatic heterocycles. The number of halogens is 5. The number of aromatic nitrogens is 2. The standard InChI is InChI=1S/C27H24ClF4N5O3/c1-3-37(10-11-39-2)25-15-33-22-9-6-18(14-23(22)36-25)40-24-13-17(5-8-21(24)29)35-26(38)34-16-4-7-20(28)19(12-16)27(30,31)32/h4-9,12-15H,3,10-11H2,1-2H3,(H2,34,35,38). The van der Waals surface area contributed by atoms with Gasteiger partial charge in [-0.15, -0.1) is 0 Å². The van der Waals surface area contributed by atoms with E-state index in [1.165, 1.54) is 18.2 Å². The predicted molar refractivity (Wildman–Crippen MR) is 145 cm³/mol. The normalized spacial score (nSPS) is 11.4. The average Bonchev–Trinajstić information content (AvgIpc) is 2.91. The van der Waals surface area contributed by atoms with Gasteiger partial charge in [0, 0.05) is 43.7 Å². The summed E-state index contributed by atoms with van der Waals surface area (Å²) in [6.45, 7) is 3.83. The second-order valence-corrected chi connectivity index (χ2v) is 8.88. The number of methoxy groups -OCH3 is 1. The number of carbonyl (C=O) groups is 1. The van der Waals surface area contributed by atoms with Gasteiger partial charge in [-0.1, -0.05) is 11.6 Å². The van der Waals surface area contributed by atoms with Crippen LogP contribution in [0.15, 0.2) is 60.8 Å². The Labute approximate surface area is 231 Å². The third kappa shape index (κ3) is 7.07. The highest BCUT2D eigenvalue weighted by Gasteiger charge is 2.33. The minimum atomic E-state index is -4.69. The maximum atomic E-state index is 14.6. The first-order chi connectivity index (χ1) is 19.1. The Hall–Kier alpha value is -4.16. The molecule has 13 heteroatoms. The van der Waals surface area contributed by atoms with Crippen LogP contribution in [0.3, 0.4) is 0 Å². The van der Waals surface area contributed by atoms with Crippen molar-refractivity contribution in [2.45, 2.75) is 13.1 Å². The number of alkyl halides is 3. The minimum Gasteiger partial charge on any atom is -0.454 e. The van der Waals surface area contributed by atoms with E-state index in [1.54, 1.807) is 31.5 Å². The van der Waals surface area contributed by atoms with Crippen LogP contribution < -0.4 is 20.3 Å². The van der Waals surface area contributed by atoms with Gasteiger partial charge in [0.1, 0.15) is 11.6 Å². The zero-order chi connectivity index (χ0) is 28.9. The molecule has 4 aromatic rings. The minimum absolute atomic E-state index is 0.131. The molecule has 2 N–H and O–H groups in total. The van der Waals surface area contributed by atoms with Gasteiger partial charge in [-0.05, 0) is 49.4 Å². The summed E-state index contributed by atoms with van der Waals surface area (Å²) in [5, 5.41) is 4.24. The number of urea groups is 1. The van der Waals surface area contributed by atoms with Crippen molar-refractivity contribution in [3.63, 3.8) is 0 Å². The summed E-state index contributed by atoms with van der Waals surface area (Å²) in [6, 6.07) is 10.6. The number of nitrogens with zero attached hydrogens (tertiary/aromatic N) is 3. The smallest absolute Gasteiger partial charge is 0.417 e. The van der Waals surface area contributed by atoms with Crippen LogP contribution in [0.2, 0.25) is 5.02 Å². The van der Waals surface area contributed by atoms with Crippen LogP contribution in [0, 0.1) is 5.82 Å². The molecular weight excluding hydrogens is 554 g/mol. The van der Waals surface area contributed by atoms with Gasteiger partial charge in [0.15, 0.2) is 11.6 Å². The van der Waals surface area contributed by atoms with Crippen LogP contribution in [0.25, 0.3) is 11.0 Å². The Morgan fingerprint density at radius 3 is 2.45 bits per heavy atom. The van der Waals surface area contributed by atoms with Crippen molar-refractivity contribution < 1.29 is 31.8 Å². The number of hydrogen-bond donors (Lipinski definition) is 2. The number of likely N-dealkylation sites (N-methyl/N-ethyl adjacent to an activating group) is 1. The number of anilines is 3. The summed E-state index contributed by atoms with van der Waals surface area (Å²) in [4.78, 5) is 23.5. The molecule has 210 valence electrons. The molecule has 0 spiro atoms. The van der Waals surface area contributed by atoms with E-state index in [0.717, 1.165) is 12.1 Å². The van der Waals surface area contributed by atoms with Crippen molar-refractivity contribution >= 4 is 45.9 Å². The lowest BCUT2D eigenvalue weighted by molar-refractivity contribution is -0.137. The van der Waals surface area contributed by atoms with E-state index >= 15 is 0 Å². The van der Waals surface area contributed by atoms with Gasteiger partial charge in [0.25, 0.3) is 0 Å². The Bertz CT molecular complexity index is 1520. The highest BCUT2D eigenvalue weighted by Crippen LogP contribution is 2.36. The zero-order valence-corrected chi connectivity index (χ0v) is 22.1. The molecule has 1 heterocycles. The molecule has 3 aromatic carbocycles. The molecule has 0 fully saturated rings. The van der Waals surface area contributed by atoms with Crippen LogP contribution in [-0.2, 0) is 10.9 Å². The second kappa shape index (κ2) is 12.3.